The first kappa shape index (κ1) is 20.7. The van der Waals surface area contributed by atoms with Gasteiger partial charge in [0.15, 0.2) is 11.6 Å². The number of hydrogen-bond donors (Lipinski definition) is 2. The molecule has 3 aromatic carbocycles. The van der Waals surface area contributed by atoms with Gasteiger partial charge in [0, 0.05) is 23.8 Å². The number of hydrogen-bond acceptors (Lipinski definition) is 5. The Morgan fingerprint density at radius 1 is 0.871 bits per heavy atom. The standard InChI is InChI=1S/C25H24ClN5/c1-18-14-21(26)12-13-22(18)30-24-23(27)25(29-17-28-24)31(15-19-8-4-2-5-9-19)16-20-10-6-3-7-11-20/h2-14,17H,15-16,27H2,1H3,(H,28,29,30). The largest absolute Gasteiger partial charge is 0.393 e. The van der Waals surface area contributed by atoms with Gasteiger partial charge in [-0.3, -0.25) is 0 Å². The molecule has 4 aromatic rings. The van der Waals surface area contributed by atoms with Gasteiger partial charge in [0.2, 0.25) is 0 Å². The number of nitrogens with zero attached hydrogens (tertiary/aromatic N) is 3. The van der Waals surface area contributed by atoms with Gasteiger partial charge < -0.3 is 16.0 Å². The fourth-order valence-electron chi connectivity index (χ4n) is 3.45. The van der Waals surface area contributed by atoms with Crippen LogP contribution in [0.1, 0.15) is 16.7 Å². The van der Waals surface area contributed by atoms with Crippen molar-refractivity contribution in [3.63, 3.8) is 0 Å². The fraction of sp³-hybridized carbons (Fsp3) is 0.120. The number of benzene rings is 3. The summed E-state index contributed by atoms with van der Waals surface area (Å²) in [5.41, 5.74) is 11.3. The van der Waals surface area contributed by atoms with Crippen molar-refractivity contribution in [3.8, 4) is 0 Å². The lowest BCUT2D eigenvalue weighted by atomic mass is 10.1. The average Bonchev–Trinajstić information content (AvgIpc) is 2.78. The maximum atomic E-state index is 6.56. The minimum absolute atomic E-state index is 0.503. The highest BCUT2D eigenvalue weighted by Gasteiger charge is 2.17. The van der Waals surface area contributed by atoms with Crippen LogP contribution in [0.2, 0.25) is 5.02 Å². The molecule has 0 amide bonds. The summed E-state index contributed by atoms with van der Waals surface area (Å²) >= 11 is 6.09. The number of aromatic nitrogens is 2. The molecule has 0 bridgehead atoms. The molecule has 0 aliphatic heterocycles. The Morgan fingerprint density at radius 2 is 1.48 bits per heavy atom. The van der Waals surface area contributed by atoms with Crippen molar-refractivity contribution in [1.29, 1.82) is 0 Å². The first-order valence-corrected chi connectivity index (χ1v) is 10.4. The Hall–Kier alpha value is -3.57. The number of anilines is 4. The van der Waals surface area contributed by atoms with E-state index < -0.39 is 0 Å². The van der Waals surface area contributed by atoms with Gasteiger partial charge in [-0.2, -0.15) is 0 Å². The van der Waals surface area contributed by atoms with Crippen LogP contribution in [0.5, 0.6) is 0 Å². The molecule has 5 nitrogen and oxygen atoms in total. The summed E-state index contributed by atoms with van der Waals surface area (Å²) in [5, 5.41) is 4.02. The number of halogens is 1. The first-order chi connectivity index (χ1) is 15.1. The number of nitrogens with one attached hydrogen (secondary N) is 1. The molecule has 1 aromatic heterocycles. The minimum atomic E-state index is 0.503. The molecule has 0 fully saturated rings. The van der Waals surface area contributed by atoms with Gasteiger partial charge in [0.1, 0.15) is 12.0 Å². The maximum absolute atomic E-state index is 6.56. The predicted octanol–water partition coefficient (Wildman–Crippen LogP) is 5.97. The lowest BCUT2D eigenvalue weighted by molar-refractivity contribution is 0.782. The summed E-state index contributed by atoms with van der Waals surface area (Å²) in [7, 11) is 0. The van der Waals surface area contributed by atoms with E-state index in [-0.39, 0.29) is 0 Å². The SMILES string of the molecule is Cc1cc(Cl)ccc1Nc1ncnc(N(Cc2ccccc2)Cc2ccccc2)c1N. The molecule has 0 spiro atoms. The number of aryl methyl sites for hydroxylation is 1. The highest BCUT2D eigenvalue weighted by atomic mass is 35.5. The second-order valence-electron chi connectivity index (χ2n) is 7.37. The van der Waals surface area contributed by atoms with E-state index in [4.69, 9.17) is 17.3 Å². The van der Waals surface area contributed by atoms with Crippen LogP contribution >= 0.6 is 11.6 Å². The number of nitrogen functional groups attached to an aromatic ring is 1. The summed E-state index contributed by atoms with van der Waals surface area (Å²) in [5.74, 6) is 1.26. The van der Waals surface area contributed by atoms with E-state index in [2.05, 4.69) is 44.5 Å². The summed E-state index contributed by atoms with van der Waals surface area (Å²) in [6.45, 7) is 3.34. The van der Waals surface area contributed by atoms with Crippen molar-refractivity contribution in [2.24, 2.45) is 0 Å². The molecule has 156 valence electrons. The Bertz CT molecular complexity index is 1110. The maximum Gasteiger partial charge on any atom is 0.159 e. The van der Waals surface area contributed by atoms with Crippen LogP contribution in [0.15, 0.2) is 85.2 Å². The molecule has 0 aliphatic carbocycles. The van der Waals surface area contributed by atoms with Crippen molar-refractivity contribution in [1.82, 2.24) is 9.97 Å². The fourth-order valence-corrected chi connectivity index (χ4v) is 3.67. The molecule has 0 radical (unpaired) electrons. The summed E-state index contributed by atoms with van der Waals surface area (Å²) in [6.07, 6.45) is 1.54. The zero-order valence-corrected chi connectivity index (χ0v) is 18.1. The third kappa shape index (κ3) is 5.13. The number of rotatable bonds is 7. The van der Waals surface area contributed by atoms with E-state index in [1.807, 2.05) is 61.5 Å². The Balaban J connectivity index is 1.67. The van der Waals surface area contributed by atoms with Gasteiger partial charge in [-0.1, -0.05) is 72.3 Å². The van der Waals surface area contributed by atoms with Gasteiger partial charge in [-0.25, -0.2) is 9.97 Å². The Labute approximate surface area is 187 Å². The molecule has 31 heavy (non-hydrogen) atoms. The summed E-state index contributed by atoms with van der Waals surface area (Å²) < 4.78 is 0. The van der Waals surface area contributed by atoms with Gasteiger partial charge in [0.25, 0.3) is 0 Å². The molecule has 6 heteroatoms. The van der Waals surface area contributed by atoms with Crippen molar-refractivity contribution in [2.75, 3.05) is 16.0 Å². The molecule has 0 unspecified atom stereocenters. The highest BCUT2D eigenvalue weighted by molar-refractivity contribution is 6.30. The van der Waals surface area contributed by atoms with Crippen molar-refractivity contribution >= 4 is 34.6 Å². The van der Waals surface area contributed by atoms with Gasteiger partial charge in [-0.05, 0) is 41.8 Å². The van der Waals surface area contributed by atoms with Crippen LogP contribution in [0, 0.1) is 6.92 Å². The molecule has 1 heterocycles. The molecule has 3 N–H and O–H groups in total. The van der Waals surface area contributed by atoms with Gasteiger partial charge >= 0.3 is 0 Å². The zero-order chi connectivity index (χ0) is 21.6. The molecule has 0 atom stereocenters. The number of nitrogens with two attached hydrogens (primary N) is 1. The molecule has 0 saturated heterocycles. The van der Waals surface area contributed by atoms with E-state index in [0.29, 0.717) is 35.4 Å². The quantitative estimate of drug-likeness (QED) is 0.378. The monoisotopic (exact) mass is 429 g/mol. The highest BCUT2D eigenvalue weighted by Crippen LogP contribution is 2.32. The van der Waals surface area contributed by atoms with Crippen LogP contribution in [0.4, 0.5) is 23.0 Å². The average molecular weight is 430 g/mol. The van der Waals surface area contributed by atoms with E-state index in [9.17, 15) is 0 Å². The second kappa shape index (κ2) is 9.49. The van der Waals surface area contributed by atoms with Gasteiger partial charge in [-0.15, -0.1) is 0 Å². The van der Waals surface area contributed by atoms with Crippen LogP contribution in [-0.4, -0.2) is 9.97 Å². The predicted molar refractivity (Wildman–Crippen MR) is 129 cm³/mol. The zero-order valence-electron chi connectivity index (χ0n) is 17.3. The minimum Gasteiger partial charge on any atom is -0.393 e. The van der Waals surface area contributed by atoms with Gasteiger partial charge in [0.05, 0.1) is 0 Å². The molecular weight excluding hydrogens is 406 g/mol. The second-order valence-corrected chi connectivity index (χ2v) is 7.81. The topological polar surface area (TPSA) is 67.1 Å². The lowest BCUT2D eigenvalue weighted by Crippen LogP contribution is -2.24. The van der Waals surface area contributed by atoms with Crippen LogP contribution in [-0.2, 0) is 13.1 Å². The van der Waals surface area contributed by atoms with Crippen LogP contribution in [0.25, 0.3) is 0 Å². The normalized spacial score (nSPS) is 10.6. The molecule has 0 aliphatic rings. The Morgan fingerprint density at radius 3 is 2.06 bits per heavy atom. The summed E-state index contributed by atoms with van der Waals surface area (Å²) in [6, 6.07) is 26.3. The summed E-state index contributed by atoms with van der Waals surface area (Å²) in [4.78, 5) is 11.1. The van der Waals surface area contributed by atoms with E-state index in [1.54, 1.807) is 6.33 Å². The van der Waals surface area contributed by atoms with Crippen molar-refractivity contribution < 1.29 is 0 Å². The van der Waals surface area contributed by atoms with E-state index >= 15 is 0 Å². The van der Waals surface area contributed by atoms with E-state index in [0.717, 1.165) is 11.3 Å². The Kier molecular flexibility index (Phi) is 6.34. The molecule has 4 rings (SSSR count). The lowest BCUT2D eigenvalue weighted by Gasteiger charge is -2.26. The first-order valence-electron chi connectivity index (χ1n) is 10.1. The van der Waals surface area contributed by atoms with Crippen molar-refractivity contribution in [2.45, 2.75) is 20.0 Å². The molecular formula is C25H24ClN5. The third-order valence-corrected chi connectivity index (χ3v) is 5.27. The molecule has 0 saturated carbocycles. The van der Waals surface area contributed by atoms with Crippen LogP contribution < -0.4 is 16.0 Å². The third-order valence-electron chi connectivity index (χ3n) is 5.04. The van der Waals surface area contributed by atoms with E-state index in [1.165, 1.54) is 11.1 Å². The van der Waals surface area contributed by atoms with Crippen LogP contribution in [0.3, 0.4) is 0 Å². The smallest absolute Gasteiger partial charge is 0.159 e. The van der Waals surface area contributed by atoms with Crippen molar-refractivity contribution in [3.05, 3.63) is 107 Å².